The number of hydrogen-bond acceptors (Lipinski definition) is 4. The van der Waals surface area contributed by atoms with Crippen molar-refractivity contribution in [1.82, 2.24) is 4.72 Å². The Morgan fingerprint density at radius 3 is 2.41 bits per heavy atom. The van der Waals surface area contributed by atoms with E-state index < -0.39 is 10.0 Å². The molecule has 0 fully saturated rings. The molecule has 5 nitrogen and oxygen atoms in total. The molecule has 0 aliphatic rings. The zero-order chi connectivity index (χ0) is 12.9. The van der Waals surface area contributed by atoms with Crippen molar-refractivity contribution in [1.29, 1.82) is 0 Å². The lowest BCUT2D eigenvalue weighted by atomic mass is 10.3. The van der Waals surface area contributed by atoms with Crippen LogP contribution in [0.15, 0.2) is 29.2 Å². The van der Waals surface area contributed by atoms with Gasteiger partial charge in [-0.2, -0.15) is 0 Å². The van der Waals surface area contributed by atoms with Gasteiger partial charge in [0, 0.05) is 12.6 Å². The summed E-state index contributed by atoms with van der Waals surface area (Å²) in [7, 11) is -1.91. The SMILES string of the molecule is COc1ccc(S(=O)(=O)NCC[C@@H](C)N)cc1. The molecule has 0 spiro atoms. The molecule has 96 valence electrons. The first-order valence-electron chi connectivity index (χ1n) is 5.35. The third kappa shape index (κ3) is 4.33. The maximum atomic E-state index is 11.8. The van der Waals surface area contributed by atoms with Gasteiger partial charge in [-0.15, -0.1) is 0 Å². The number of nitrogens with one attached hydrogen (secondary N) is 1. The molecule has 0 heterocycles. The zero-order valence-electron chi connectivity index (χ0n) is 10.0. The van der Waals surface area contributed by atoms with Gasteiger partial charge in [-0.25, -0.2) is 13.1 Å². The highest BCUT2D eigenvalue weighted by Gasteiger charge is 2.13. The highest BCUT2D eigenvalue weighted by molar-refractivity contribution is 7.89. The molecule has 0 unspecified atom stereocenters. The highest BCUT2D eigenvalue weighted by Crippen LogP contribution is 2.15. The van der Waals surface area contributed by atoms with Gasteiger partial charge in [0.1, 0.15) is 5.75 Å². The number of ether oxygens (including phenoxy) is 1. The first-order valence-corrected chi connectivity index (χ1v) is 6.83. The Morgan fingerprint density at radius 1 is 1.35 bits per heavy atom. The van der Waals surface area contributed by atoms with E-state index in [1.165, 1.54) is 19.2 Å². The maximum Gasteiger partial charge on any atom is 0.240 e. The monoisotopic (exact) mass is 258 g/mol. The molecule has 1 rings (SSSR count). The van der Waals surface area contributed by atoms with Crippen molar-refractivity contribution in [2.75, 3.05) is 13.7 Å². The maximum absolute atomic E-state index is 11.8. The third-order valence-corrected chi connectivity index (χ3v) is 3.74. The minimum absolute atomic E-state index is 0.0198. The smallest absolute Gasteiger partial charge is 0.240 e. The fourth-order valence-electron chi connectivity index (χ4n) is 1.26. The van der Waals surface area contributed by atoms with Gasteiger partial charge in [0.05, 0.1) is 12.0 Å². The Morgan fingerprint density at radius 2 is 1.94 bits per heavy atom. The van der Waals surface area contributed by atoms with Crippen LogP contribution in [-0.2, 0) is 10.0 Å². The zero-order valence-corrected chi connectivity index (χ0v) is 10.8. The van der Waals surface area contributed by atoms with Crippen molar-refractivity contribution < 1.29 is 13.2 Å². The fraction of sp³-hybridized carbons (Fsp3) is 0.455. The van der Waals surface area contributed by atoms with E-state index in [0.29, 0.717) is 18.7 Å². The van der Waals surface area contributed by atoms with E-state index in [0.717, 1.165) is 0 Å². The van der Waals surface area contributed by atoms with E-state index in [4.69, 9.17) is 10.5 Å². The summed E-state index contributed by atoms with van der Waals surface area (Å²) in [4.78, 5) is 0.225. The predicted molar refractivity (Wildman–Crippen MR) is 66.4 cm³/mol. The Kier molecular flexibility index (Phi) is 4.92. The average molecular weight is 258 g/mol. The van der Waals surface area contributed by atoms with Crippen molar-refractivity contribution in [3.8, 4) is 5.75 Å². The predicted octanol–water partition coefficient (Wildman–Crippen LogP) is 0.711. The molecule has 1 aromatic rings. The first kappa shape index (κ1) is 14.0. The van der Waals surface area contributed by atoms with Crippen molar-refractivity contribution in [2.24, 2.45) is 5.73 Å². The van der Waals surface area contributed by atoms with E-state index in [9.17, 15) is 8.42 Å². The van der Waals surface area contributed by atoms with Crippen LogP contribution < -0.4 is 15.2 Å². The third-order valence-electron chi connectivity index (χ3n) is 2.26. The van der Waals surface area contributed by atoms with Crippen molar-refractivity contribution >= 4 is 10.0 Å². The standard InChI is InChI=1S/C11H18N2O3S/c1-9(12)7-8-13-17(14,15)11-5-3-10(16-2)4-6-11/h3-6,9,13H,7-8,12H2,1-2H3/t9-/m1/s1. The van der Waals surface area contributed by atoms with Crippen LogP contribution in [0, 0.1) is 0 Å². The Balaban J connectivity index is 2.68. The lowest BCUT2D eigenvalue weighted by Crippen LogP contribution is -2.29. The number of benzene rings is 1. The molecule has 1 aromatic carbocycles. The minimum Gasteiger partial charge on any atom is -0.497 e. The first-order chi connectivity index (χ1) is 7.95. The van der Waals surface area contributed by atoms with Crippen molar-refractivity contribution in [3.05, 3.63) is 24.3 Å². The summed E-state index contributed by atoms with van der Waals surface area (Å²) in [5.74, 6) is 0.625. The second-order valence-electron chi connectivity index (χ2n) is 3.84. The molecule has 17 heavy (non-hydrogen) atoms. The summed E-state index contributed by atoms with van der Waals surface area (Å²) in [6.45, 7) is 2.17. The molecule has 0 radical (unpaired) electrons. The van der Waals surface area contributed by atoms with Crippen LogP contribution >= 0.6 is 0 Å². The second kappa shape index (κ2) is 6.00. The van der Waals surface area contributed by atoms with Gasteiger partial charge < -0.3 is 10.5 Å². The molecule has 0 aromatic heterocycles. The molecule has 0 amide bonds. The van der Waals surface area contributed by atoms with Crippen molar-refractivity contribution in [3.63, 3.8) is 0 Å². The molecular formula is C11H18N2O3S. The van der Waals surface area contributed by atoms with Crippen molar-refractivity contribution in [2.45, 2.75) is 24.3 Å². The second-order valence-corrected chi connectivity index (χ2v) is 5.61. The number of sulfonamides is 1. The summed E-state index contributed by atoms with van der Waals surface area (Å²) >= 11 is 0. The van der Waals surface area contributed by atoms with Gasteiger partial charge >= 0.3 is 0 Å². The number of hydrogen-bond donors (Lipinski definition) is 2. The summed E-state index contributed by atoms with van der Waals surface area (Å²) < 4.78 is 31.1. The lowest BCUT2D eigenvalue weighted by molar-refractivity contribution is 0.414. The quantitative estimate of drug-likeness (QED) is 0.787. The summed E-state index contributed by atoms with van der Waals surface area (Å²) in [6, 6.07) is 6.22. The summed E-state index contributed by atoms with van der Waals surface area (Å²) in [5, 5.41) is 0. The molecule has 0 saturated carbocycles. The Labute approximate surface area is 102 Å². The van der Waals surface area contributed by atoms with Crippen LogP contribution in [0.3, 0.4) is 0 Å². The number of rotatable bonds is 6. The van der Waals surface area contributed by atoms with Gasteiger partial charge in [0.2, 0.25) is 10.0 Å². The van der Waals surface area contributed by atoms with Gasteiger partial charge in [-0.1, -0.05) is 0 Å². The van der Waals surface area contributed by atoms with E-state index in [2.05, 4.69) is 4.72 Å². The van der Waals surface area contributed by atoms with Crippen LogP contribution in [0.5, 0.6) is 5.75 Å². The Bertz CT molecular complexity index is 440. The Hall–Kier alpha value is -1.11. The minimum atomic E-state index is -3.44. The normalized spacial score (nSPS) is 13.4. The fourth-order valence-corrected chi connectivity index (χ4v) is 2.31. The van der Waals surface area contributed by atoms with E-state index in [-0.39, 0.29) is 10.9 Å². The van der Waals surface area contributed by atoms with E-state index >= 15 is 0 Å². The van der Waals surface area contributed by atoms with Crippen LogP contribution in [0.1, 0.15) is 13.3 Å². The molecule has 0 aliphatic heterocycles. The molecule has 0 saturated heterocycles. The van der Waals surface area contributed by atoms with Crippen LogP contribution in [0.4, 0.5) is 0 Å². The van der Waals surface area contributed by atoms with Crippen LogP contribution in [0.2, 0.25) is 0 Å². The molecule has 0 bridgehead atoms. The summed E-state index contributed by atoms with van der Waals surface area (Å²) in [5.41, 5.74) is 5.55. The van der Waals surface area contributed by atoms with Gasteiger partial charge in [-0.05, 0) is 37.6 Å². The molecule has 0 aliphatic carbocycles. The van der Waals surface area contributed by atoms with E-state index in [1.807, 2.05) is 6.92 Å². The van der Waals surface area contributed by atoms with Gasteiger partial charge in [-0.3, -0.25) is 0 Å². The highest BCUT2D eigenvalue weighted by atomic mass is 32.2. The number of nitrogens with two attached hydrogens (primary N) is 1. The number of methoxy groups -OCH3 is 1. The molecule has 3 N–H and O–H groups in total. The van der Waals surface area contributed by atoms with E-state index in [1.54, 1.807) is 12.1 Å². The van der Waals surface area contributed by atoms with Gasteiger partial charge in [0.15, 0.2) is 0 Å². The summed E-state index contributed by atoms with van der Waals surface area (Å²) in [6.07, 6.45) is 0.607. The van der Waals surface area contributed by atoms with Crippen LogP contribution in [0.25, 0.3) is 0 Å². The largest absolute Gasteiger partial charge is 0.497 e. The average Bonchev–Trinajstić information content (AvgIpc) is 2.28. The topological polar surface area (TPSA) is 81.4 Å². The molecule has 6 heteroatoms. The lowest BCUT2D eigenvalue weighted by Gasteiger charge is -2.08. The molecule has 1 atom stereocenters. The van der Waals surface area contributed by atoms with Gasteiger partial charge in [0.25, 0.3) is 0 Å². The molecular weight excluding hydrogens is 240 g/mol. The van der Waals surface area contributed by atoms with Crippen LogP contribution in [-0.4, -0.2) is 28.1 Å².